The lowest BCUT2D eigenvalue weighted by Gasteiger charge is -2.26. The molecule has 2 bridgehead atoms. The van der Waals surface area contributed by atoms with Gasteiger partial charge in [0.25, 0.3) is 0 Å². The minimum atomic E-state index is 0.0143. The number of fused-ring (bicyclic) bond motifs is 2. The number of likely N-dealkylation sites (N-methyl/N-ethyl adjacent to an activating group) is 1. The largest absolute Gasteiger partial charge is 0.323 e. The van der Waals surface area contributed by atoms with Gasteiger partial charge in [0.2, 0.25) is 0 Å². The molecule has 6 nitrogen and oxygen atoms in total. The minimum absolute atomic E-state index is 0.0143. The second-order valence-electron chi connectivity index (χ2n) is 7.30. The van der Waals surface area contributed by atoms with Crippen LogP contribution in [-0.2, 0) is 0 Å². The van der Waals surface area contributed by atoms with Crippen LogP contribution in [0.15, 0.2) is 0 Å². The number of carbonyl (C=O) groups is 1. The number of nitrogens with one attached hydrogen (secondary N) is 1. The number of urea groups is 1. The van der Waals surface area contributed by atoms with E-state index in [1.54, 1.807) is 0 Å². The summed E-state index contributed by atoms with van der Waals surface area (Å²) >= 11 is 0. The topological polar surface area (TPSA) is 53.4 Å². The van der Waals surface area contributed by atoms with Crippen molar-refractivity contribution in [1.29, 1.82) is 0 Å². The van der Waals surface area contributed by atoms with Crippen molar-refractivity contribution in [2.24, 2.45) is 0 Å². The summed E-state index contributed by atoms with van der Waals surface area (Å²) < 4.78 is 1.98. The number of nitrogens with zero attached hydrogens (tertiary/aromatic N) is 4. The van der Waals surface area contributed by atoms with Crippen LogP contribution >= 0.6 is 0 Å². The lowest BCUT2D eigenvalue weighted by Crippen LogP contribution is -2.41. The molecule has 2 aliphatic rings. The fourth-order valence-corrected chi connectivity index (χ4v) is 4.03. The Hall–Kier alpha value is -1.56. The molecule has 2 atom stereocenters. The Morgan fingerprint density at radius 3 is 2.57 bits per heavy atom. The SMILES string of the molecule is Cc1nn(C(C)C)c(C)c1NC(=O)N1CCC2CCC(C1)N2C. The van der Waals surface area contributed by atoms with Crippen LogP contribution in [0.1, 0.15) is 50.5 Å². The third-order valence-corrected chi connectivity index (χ3v) is 5.48. The number of likely N-dealkylation sites (tertiary alicyclic amines) is 1. The van der Waals surface area contributed by atoms with Gasteiger partial charge in [0.1, 0.15) is 0 Å². The second-order valence-corrected chi connectivity index (χ2v) is 7.30. The summed E-state index contributed by atoms with van der Waals surface area (Å²) in [4.78, 5) is 17.2. The molecular formula is C17H29N5O. The maximum Gasteiger partial charge on any atom is 0.322 e. The first-order chi connectivity index (χ1) is 10.9. The van der Waals surface area contributed by atoms with Gasteiger partial charge >= 0.3 is 6.03 Å². The van der Waals surface area contributed by atoms with E-state index in [0.29, 0.717) is 18.1 Å². The standard InChI is InChI=1S/C17H29N5O/c1-11(2)22-13(4)16(12(3)19-22)18-17(23)21-9-8-14-6-7-15(10-21)20(14)5/h11,14-15H,6-10H2,1-5H3,(H,18,23). The Labute approximate surface area is 138 Å². The van der Waals surface area contributed by atoms with E-state index in [4.69, 9.17) is 0 Å². The first-order valence-electron chi connectivity index (χ1n) is 8.72. The quantitative estimate of drug-likeness (QED) is 0.912. The molecule has 2 unspecified atom stereocenters. The predicted octanol–water partition coefficient (Wildman–Crippen LogP) is 2.78. The van der Waals surface area contributed by atoms with Gasteiger partial charge in [-0.25, -0.2) is 4.79 Å². The van der Waals surface area contributed by atoms with E-state index < -0.39 is 0 Å². The van der Waals surface area contributed by atoms with E-state index in [1.807, 2.05) is 23.4 Å². The van der Waals surface area contributed by atoms with Crippen molar-refractivity contribution < 1.29 is 4.79 Å². The molecule has 3 rings (SSSR count). The normalized spacial score (nSPS) is 25.0. The molecule has 1 aromatic rings. The molecule has 6 heteroatoms. The van der Waals surface area contributed by atoms with E-state index in [0.717, 1.165) is 36.6 Å². The van der Waals surface area contributed by atoms with Gasteiger partial charge in [-0.05, 0) is 54.0 Å². The zero-order valence-electron chi connectivity index (χ0n) is 15.0. The summed E-state index contributed by atoms with van der Waals surface area (Å²) in [5.74, 6) is 0. The average molecular weight is 319 g/mol. The van der Waals surface area contributed by atoms with E-state index in [9.17, 15) is 4.79 Å². The summed E-state index contributed by atoms with van der Waals surface area (Å²) in [7, 11) is 2.20. The predicted molar refractivity (Wildman–Crippen MR) is 91.9 cm³/mol. The molecule has 3 heterocycles. The molecular weight excluding hydrogens is 290 g/mol. The summed E-state index contributed by atoms with van der Waals surface area (Å²) in [6.07, 6.45) is 3.55. The number of hydrogen-bond donors (Lipinski definition) is 1. The Morgan fingerprint density at radius 1 is 1.22 bits per heavy atom. The lowest BCUT2D eigenvalue weighted by molar-refractivity contribution is 0.200. The number of carbonyl (C=O) groups excluding carboxylic acids is 1. The number of hydrogen-bond acceptors (Lipinski definition) is 3. The van der Waals surface area contributed by atoms with Crippen molar-refractivity contribution >= 4 is 11.7 Å². The molecule has 0 aromatic carbocycles. The number of anilines is 1. The highest BCUT2D eigenvalue weighted by molar-refractivity contribution is 5.90. The molecule has 23 heavy (non-hydrogen) atoms. The van der Waals surface area contributed by atoms with Gasteiger partial charge in [-0.15, -0.1) is 0 Å². The highest BCUT2D eigenvalue weighted by Gasteiger charge is 2.36. The van der Waals surface area contributed by atoms with Crippen LogP contribution in [0.25, 0.3) is 0 Å². The monoisotopic (exact) mass is 319 g/mol. The number of aromatic nitrogens is 2. The molecule has 2 aliphatic heterocycles. The molecule has 2 amide bonds. The summed E-state index contributed by atoms with van der Waals surface area (Å²) in [6, 6.07) is 1.46. The van der Waals surface area contributed by atoms with E-state index >= 15 is 0 Å². The van der Waals surface area contributed by atoms with Crippen molar-refractivity contribution in [3.05, 3.63) is 11.4 Å². The number of rotatable bonds is 2. The molecule has 0 saturated carbocycles. The van der Waals surface area contributed by atoms with E-state index in [2.05, 4.69) is 36.2 Å². The second kappa shape index (κ2) is 6.15. The maximum absolute atomic E-state index is 12.7. The maximum atomic E-state index is 12.7. The van der Waals surface area contributed by atoms with Crippen LogP contribution in [0.2, 0.25) is 0 Å². The van der Waals surface area contributed by atoms with Crippen molar-refractivity contribution in [2.45, 2.75) is 65.1 Å². The highest BCUT2D eigenvalue weighted by Crippen LogP contribution is 2.29. The van der Waals surface area contributed by atoms with Crippen LogP contribution < -0.4 is 5.32 Å². The van der Waals surface area contributed by atoms with Crippen LogP contribution in [0.4, 0.5) is 10.5 Å². The first-order valence-corrected chi connectivity index (χ1v) is 8.72. The first kappa shape index (κ1) is 16.3. The molecule has 0 radical (unpaired) electrons. The van der Waals surface area contributed by atoms with Gasteiger partial charge in [0, 0.05) is 31.2 Å². The third-order valence-electron chi connectivity index (χ3n) is 5.48. The Bertz CT molecular complexity index is 594. The molecule has 2 saturated heterocycles. The number of aryl methyl sites for hydroxylation is 1. The molecule has 2 fully saturated rings. The van der Waals surface area contributed by atoms with Gasteiger partial charge in [0.15, 0.2) is 0 Å². The third kappa shape index (κ3) is 2.96. The average Bonchev–Trinajstić information content (AvgIpc) is 2.89. The molecule has 128 valence electrons. The van der Waals surface area contributed by atoms with Crippen molar-refractivity contribution in [2.75, 3.05) is 25.5 Å². The van der Waals surface area contributed by atoms with Crippen molar-refractivity contribution in [1.82, 2.24) is 19.6 Å². The fraction of sp³-hybridized carbons (Fsp3) is 0.765. The van der Waals surface area contributed by atoms with Crippen LogP contribution in [0.5, 0.6) is 0 Å². The van der Waals surface area contributed by atoms with Crippen molar-refractivity contribution in [3.63, 3.8) is 0 Å². The van der Waals surface area contributed by atoms with Gasteiger partial charge in [-0.3, -0.25) is 9.58 Å². The van der Waals surface area contributed by atoms with Crippen molar-refractivity contribution in [3.8, 4) is 0 Å². The highest BCUT2D eigenvalue weighted by atomic mass is 16.2. The Balaban J connectivity index is 1.72. The van der Waals surface area contributed by atoms with E-state index in [1.165, 1.54) is 12.8 Å². The van der Waals surface area contributed by atoms with Crippen LogP contribution in [0, 0.1) is 13.8 Å². The van der Waals surface area contributed by atoms with Gasteiger partial charge in [-0.1, -0.05) is 0 Å². The van der Waals surface area contributed by atoms with Gasteiger partial charge in [0.05, 0.1) is 17.1 Å². The van der Waals surface area contributed by atoms with Gasteiger partial charge in [-0.2, -0.15) is 5.10 Å². The number of amides is 2. The summed E-state index contributed by atoms with van der Waals surface area (Å²) in [5, 5.41) is 7.66. The minimum Gasteiger partial charge on any atom is -0.323 e. The van der Waals surface area contributed by atoms with Crippen LogP contribution in [0.3, 0.4) is 0 Å². The Morgan fingerprint density at radius 2 is 1.91 bits per heavy atom. The fourth-order valence-electron chi connectivity index (χ4n) is 4.03. The summed E-state index contributed by atoms with van der Waals surface area (Å²) in [5.41, 5.74) is 2.78. The Kier molecular flexibility index (Phi) is 4.36. The van der Waals surface area contributed by atoms with E-state index in [-0.39, 0.29) is 6.03 Å². The zero-order chi connectivity index (χ0) is 16.7. The van der Waals surface area contributed by atoms with Gasteiger partial charge < -0.3 is 10.2 Å². The zero-order valence-corrected chi connectivity index (χ0v) is 15.0. The summed E-state index contributed by atoms with van der Waals surface area (Å²) in [6.45, 7) is 9.86. The van der Waals surface area contributed by atoms with Crippen LogP contribution in [-0.4, -0.2) is 57.8 Å². The molecule has 1 N–H and O–H groups in total. The smallest absolute Gasteiger partial charge is 0.322 e. The molecule has 0 aliphatic carbocycles. The molecule has 1 aromatic heterocycles. The molecule has 0 spiro atoms. The lowest BCUT2D eigenvalue weighted by atomic mass is 10.1.